The fraction of sp³-hybridized carbons (Fsp3) is 0.294. The molecule has 1 heterocycles. The highest BCUT2D eigenvalue weighted by Crippen LogP contribution is 2.19. The summed E-state index contributed by atoms with van der Waals surface area (Å²) in [7, 11) is 1.76. The molecule has 0 aliphatic carbocycles. The summed E-state index contributed by atoms with van der Waals surface area (Å²) in [6.07, 6.45) is 3.48. The van der Waals surface area contributed by atoms with Crippen LogP contribution >= 0.6 is 47.2 Å². The van der Waals surface area contributed by atoms with Crippen molar-refractivity contribution in [2.45, 2.75) is 12.8 Å². The monoisotopic (exact) mass is 478 g/mol. The van der Waals surface area contributed by atoms with E-state index < -0.39 is 0 Å². The van der Waals surface area contributed by atoms with E-state index in [1.165, 1.54) is 0 Å². The van der Waals surface area contributed by atoms with Crippen molar-refractivity contribution in [1.82, 2.24) is 15.6 Å². The Bertz CT molecular complexity index is 630. The van der Waals surface area contributed by atoms with Crippen molar-refractivity contribution < 1.29 is 0 Å². The summed E-state index contributed by atoms with van der Waals surface area (Å²) in [6.45, 7) is 1.53. The van der Waals surface area contributed by atoms with Gasteiger partial charge in [0.15, 0.2) is 5.96 Å². The van der Waals surface area contributed by atoms with Crippen molar-refractivity contribution in [3.05, 3.63) is 63.9 Å². The number of nitrogens with zero attached hydrogens (tertiary/aromatic N) is 2. The molecule has 4 nitrogen and oxygen atoms in total. The SMILES string of the molecule is CN=C(NCCc1cc(Cl)cc(Cl)c1)NCCc1ccccn1.I. The number of hydrogen-bond acceptors (Lipinski definition) is 2. The smallest absolute Gasteiger partial charge is 0.190 e. The zero-order chi connectivity index (χ0) is 16.5. The number of aromatic nitrogens is 1. The maximum Gasteiger partial charge on any atom is 0.190 e. The molecule has 0 amide bonds. The minimum atomic E-state index is 0. The molecular formula is C17H21Cl2IN4. The molecule has 130 valence electrons. The predicted octanol–water partition coefficient (Wildman–Crippen LogP) is 3.96. The van der Waals surface area contributed by atoms with E-state index in [1.54, 1.807) is 19.3 Å². The predicted molar refractivity (Wildman–Crippen MR) is 113 cm³/mol. The molecular weight excluding hydrogens is 458 g/mol. The van der Waals surface area contributed by atoms with Gasteiger partial charge in [0.05, 0.1) is 0 Å². The van der Waals surface area contributed by atoms with E-state index in [2.05, 4.69) is 20.6 Å². The number of benzene rings is 1. The van der Waals surface area contributed by atoms with Crippen LogP contribution in [0.1, 0.15) is 11.3 Å². The lowest BCUT2D eigenvalue weighted by Gasteiger charge is -2.12. The van der Waals surface area contributed by atoms with Crippen LogP contribution in [0, 0.1) is 0 Å². The molecule has 1 aromatic carbocycles. The third kappa shape index (κ3) is 7.68. The maximum absolute atomic E-state index is 6.00. The van der Waals surface area contributed by atoms with Crippen LogP contribution in [0.5, 0.6) is 0 Å². The van der Waals surface area contributed by atoms with Gasteiger partial charge in [0, 0.05) is 48.5 Å². The Labute approximate surface area is 170 Å². The number of nitrogens with one attached hydrogen (secondary N) is 2. The molecule has 0 aliphatic heterocycles. The Morgan fingerprint density at radius 2 is 1.71 bits per heavy atom. The summed E-state index contributed by atoms with van der Waals surface area (Å²) in [5, 5.41) is 7.86. The second kappa shape index (κ2) is 11.5. The van der Waals surface area contributed by atoms with E-state index in [4.69, 9.17) is 23.2 Å². The van der Waals surface area contributed by atoms with Crippen LogP contribution in [0.25, 0.3) is 0 Å². The lowest BCUT2D eigenvalue weighted by atomic mass is 10.1. The number of pyridine rings is 1. The average molecular weight is 479 g/mol. The van der Waals surface area contributed by atoms with Gasteiger partial charge in [0.25, 0.3) is 0 Å². The van der Waals surface area contributed by atoms with Gasteiger partial charge in [-0.3, -0.25) is 9.98 Å². The van der Waals surface area contributed by atoms with Gasteiger partial charge in [-0.05, 0) is 42.3 Å². The largest absolute Gasteiger partial charge is 0.356 e. The summed E-state index contributed by atoms with van der Waals surface area (Å²) in [4.78, 5) is 8.50. The second-order valence-corrected chi connectivity index (χ2v) is 5.90. The Balaban J connectivity index is 0.00000288. The quantitative estimate of drug-likeness (QED) is 0.375. The molecule has 0 fully saturated rings. The van der Waals surface area contributed by atoms with Crippen LogP contribution in [0.3, 0.4) is 0 Å². The molecule has 2 N–H and O–H groups in total. The lowest BCUT2D eigenvalue weighted by Crippen LogP contribution is -2.39. The Morgan fingerprint density at radius 3 is 2.29 bits per heavy atom. The van der Waals surface area contributed by atoms with Crippen molar-refractivity contribution in [1.29, 1.82) is 0 Å². The molecule has 0 aliphatic rings. The molecule has 0 radical (unpaired) electrons. The van der Waals surface area contributed by atoms with Crippen molar-refractivity contribution >= 4 is 53.1 Å². The van der Waals surface area contributed by atoms with Crippen molar-refractivity contribution in [3.8, 4) is 0 Å². The summed E-state index contributed by atoms with van der Waals surface area (Å²) >= 11 is 12.0. The summed E-state index contributed by atoms with van der Waals surface area (Å²) < 4.78 is 0. The fourth-order valence-electron chi connectivity index (χ4n) is 2.16. The molecule has 0 saturated heterocycles. The molecule has 2 rings (SSSR count). The molecule has 0 spiro atoms. The first-order valence-corrected chi connectivity index (χ1v) is 8.22. The summed E-state index contributed by atoms with van der Waals surface area (Å²) in [6, 6.07) is 11.5. The average Bonchev–Trinajstić information content (AvgIpc) is 2.53. The molecule has 0 bridgehead atoms. The van der Waals surface area contributed by atoms with E-state index in [-0.39, 0.29) is 24.0 Å². The van der Waals surface area contributed by atoms with Crippen molar-refractivity contribution in [2.24, 2.45) is 4.99 Å². The van der Waals surface area contributed by atoms with Gasteiger partial charge in [-0.15, -0.1) is 24.0 Å². The van der Waals surface area contributed by atoms with E-state index in [1.807, 2.05) is 30.3 Å². The number of guanidine groups is 1. The standard InChI is InChI=1S/C17H20Cl2N4.HI/c1-20-17(23-9-6-16-4-2-3-7-21-16)22-8-5-13-10-14(18)12-15(19)11-13;/h2-4,7,10-12H,5-6,8-9H2,1H3,(H2,20,22,23);1H. The van der Waals surface area contributed by atoms with Gasteiger partial charge < -0.3 is 10.6 Å². The van der Waals surface area contributed by atoms with Crippen LogP contribution in [-0.2, 0) is 12.8 Å². The molecule has 0 saturated carbocycles. The van der Waals surface area contributed by atoms with Crippen LogP contribution in [0.2, 0.25) is 10.0 Å². The normalized spacial score (nSPS) is 10.9. The second-order valence-electron chi connectivity index (χ2n) is 5.02. The highest BCUT2D eigenvalue weighted by molar-refractivity contribution is 14.0. The molecule has 2 aromatic rings. The molecule has 0 atom stereocenters. The van der Waals surface area contributed by atoms with E-state index in [0.717, 1.165) is 43.1 Å². The minimum absolute atomic E-state index is 0. The number of hydrogen-bond donors (Lipinski definition) is 2. The lowest BCUT2D eigenvalue weighted by molar-refractivity contribution is 0.776. The third-order valence-corrected chi connectivity index (χ3v) is 3.69. The van der Waals surface area contributed by atoms with Gasteiger partial charge in [0.2, 0.25) is 0 Å². The Morgan fingerprint density at radius 1 is 1.04 bits per heavy atom. The van der Waals surface area contributed by atoms with Gasteiger partial charge in [0.1, 0.15) is 0 Å². The molecule has 24 heavy (non-hydrogen) atoms. The fourth-order valence-corrected chi connectivity index (χ4v) is 2.73. The highest BCUT2D eigenvalue weighted by atomic mass is 127. The van der Waals surface area contributed by atoms with Crippen LogP contribution in [0.15, 0.2) is 47.6 Å². The van der Waals surface area contributed by atoms with E-state index in [9.17, 15) is 0 Å². The first kappa shape index (κ1) is 21.0. The van der Waals surface area contributed by atoms with Crippen LogP contribution < -0.4 is 10.6 Å². The topological polar surface area (TPSA) is 49.3 Å². The maximum atomic E-state index is 6.00. The number of rotatable bonds is 6. The number of halogens is 3. The van der Waals surface area contributed by atoms with Gasteiger partial charge in [-0.25, -0.2) is 0 Å². The zero-order valence-corrected chi connectivity index (χ0v) is 17.3. The first-order chi connectivity index (χ1) is 11.2. The first-order valence-electron chi connectivity index (χ1n) is 7.47. The molecule has 0 unspecified atom stereocenters. The number of aliphatic imine (C=N–C) groups is 1. The Hall–Kier alpha value is -1.05. The summed E-state index contributed by atoms with van der Waals surface area (Å²) in [5.41, 5.74) is 2.16. The van der Waals surface area contributed by atoms with Gasteiger partial charge >= 0.3 is 0 Å². The van der Waals surface area contributed by atoms with E-state index >= 15 is 0 Å². The third-order valence-electron chi connectivity index (χ3n) is 3.25. The van der Waals surface area contributed by atoms with Crippen LogP contribution in [0.4, 0.5) is 0 Å². The minimum Gasteiger partial charge on any atom is -0.356 e. The van der Waals surface area contributed by atoms with Crippen molar-refractivity contribution in [2.75, 3.05) is 20.1 Å². The van der Waals surface area contributed by atoms with Crippen molar-refractivity contribution in [3.63, 3.8) is 0 Å². The highest BCUT2D eigenvalue weighted by Gasteiger charge is 2.01. The van der Waals surface area contributed by atoms with E-state index in [0.29, 0.717) is 10.0 Å². The molecule has 1 aromatic heterocycles. The van der Waals surface area contributed by atoms with Gasteiger partial charge in [-0.2, -0.15) is 0 Å². The molecule has 7 heteroatoms. The summed E-state index contributed by atoms with van der Waals surface area (Å²) in [5.74, 6) is 0.772. The Kier molecular flexibility index (Phi) is 10.1. The van der Waals surface area contributed by atoms with Crippen LogP contribution in [-0.4, -0.2) is 31.1 Å². The zero-order valence-electron chi connectivity index (χ0n) is 13.4. The van der Waals surface area contributed by atoms with Gasteiger partial charge in [-0.1, -0.05) is 29.3 Å².